The summed E-state index contributed by atoms with van der Waals surface area (Å²) in [5.41, 5.74) is 7.58. The number of hydrogen-bond acceptors (Lipinski definition) is 7. The maximum Gasteiger partial charge on any atom is 0.244 e. The van der Waals surface area contributed by atoms with Gasteiger partial charge in [0.1, 0.15) is 21.8 Å². The summed E-state index contributed by atoms with van der Waals surface area (Å²) >= 11 is 1.45. The molecule has 4 rings (SSSR count). The molecule has 0 bridgehead atoms. The molecule has 0 aromatic carbocycles. The maximum atomic E-state index is 12.6. The van der Waals surface area contributed by atoms with Crippen LogP contribution in [0.3, 0.4) is 0 Å². The quantitative estimate of drug-likeness (QED) is 0.860. The predicted octanol–water partition coefficient (Wildman–Crippen LogP) is 1.94. The van der Waals surface area contributed by atoms with Gasteiger partial charge in [0.2, 0.25) is 10.0 Å². The highest BCUT2D eigenvalue weighted by Gasteiger charge is 2.28. The van der Waals surface area contributed by atoms with Crippen molar-refractivity contribution in [2.45, 2.75) is 30.7 Å². The Labute approximate surface area is 156 Å². The van der Waals surface area contributed by atoms with E-state index in [9.17, 15) is 13.7 Å². The van der Waals surface area contributed by atoms with E-state index in [1.165, 1.54) is 21.8 Å². The highest BCUT2D eigenvalue weighted by molar-refractivity contribution is 7.89. The van der Waals surface area contributed by atoms with Gasteiger partial charge in [0.05, 0.1) is 12.1 Å². The van der Waals surface area contributed by atoms with E-state index in [-0.39, 0.29) is 4.90 Å². The topological polar surface area (TPSA) is 103 Å². The number of nitrogens with zero attached hydrogens (tertiary/aromatic N) is 4. The molecule has 0 amide bonds. The van der Waals surface area contributed by atoms with E-state index in [2.05, 4.69) is 16.0 Å². The number of rotatable bonds is 3. The van der Waals surface area contributed by atoms with Crippen molar-refractivity contribution >= 4 is 32.2 Å². The van der Waals surface area contributed by atoms with E-state index in [0.717, 1.165) is 42.1 Å². The van der Waals surface area contributed by atoms with E-state index in [4.69, 9.17) is 5.73 Å². The molecule has 7 nitrogen and oxygen atoms in total. The second kappa shape index (κ2) is 6.54. The standard InChI is InChI=1S/C17H19N5O2S2/c18-9-14-13-5-8-21(11-15(13)25-17(14)19)16-4-3-12(10-20-16)26(23,24)22-6-1-2-7-22/h3-4,10H,1-2,5-8,11,19H2. The maximum absolute atomic E-state index is 12.6. The molecule has 0 saturated carbocycles. The molecular formula is C17H19N5O2S2. The molecule has 2 aromatic heterocycles. The Hall–Kier alpha value is -2.15. The van der Waals surface area contributed by atoms with Crippen molar-refractivity contribution < 1.29 is 8.42 Å². The van der Waals surface area contributed by atoms with Gasteiger partial charge in [-0.2, -0.15) is 9.57 Å². The van der Waals surface area contributed by atoms with Crippen LogP contribution in [0.5, 0.6) is 0 Å². The van der Waals surface area contributed by atoms with Crippen molar-refractivity contribution in [2.75, 3.05) is 30.3 Å². The van der Waals surface area contributed by atoms with Crippen molar-refractivity contribution in [1.82, 2.24) is 9.29 Å². The van der Waals surface area contributed by atoms with E-state index >= 15 is 0 Å². The minimum atomic E-state index is -3.44. The molecule has 0 atom stereocenters. The number of nitrogens with two attached hydrogens (primary N) is 1. The molecule has 0 radical (unpaired) electrons. The minimum absolute atomic E-state index is 0.244. The van der Waals surface area contributed by atoms with Crippen LogP contribution < -0.4 is 10.6 Å². The zero-order chi connectivity index (χ0) is 18.3. The molecule has 26 heavy (non-hydrogen) atoms. The number of hydrogen-bond donors (Lipinski definition) is 1. The van der Waals surface area contributed by atoms with Gasteiger partial charge in [-0.1, -0.05) is 0 Å². The first kappa shape index (κ1) is 17.3. The van der Waals surface area contributed by atoms with Crippen LogP contribution in [-0.4, -0.2) is 37.3 Å². The summed E-state index contributed by atoms with van der Waals surface area (Å²) in [7, 11) is -3.44. The zero-order valence-electron chi connectivity index (χ0n) is 14.2. The number of fused-ring (bicyclic) bond motifs is 1. The molecule has 0 spiro atoms. The molecule has 9 heteroatoms. The summed E-state index contributed by atoms with van der Waals surface area (Å²) in [5.74, 6) is 0.738. The summed E-state index contributed by atoms with van der Waals surface area (Å²) in [4.78, 5) is 7.81. The molecule has 1 saturated heterocycles. The molecule has 2 aliphatic rings. The molecular weight excluding hydrogens is 370 g/mol. The van der Waals surface area contributed by atoms with Crippen LogP contribution in [0.1, 0.15) is 28.8 Å². The number of sulfonamides is 1. The SMILES string of the molecule is N#Cc1c(N)sc2c1CCN(c1ccc(S(=O)(=O)N3CCCC3)cn1)C2. The van der Waals surface area contributed by atoms with Gasteiger partial charge >= 0.3 is 0 Å². The Balaban J connectivity index is 1.55. The molecule has 2 aliphatic heterocycles. The smallest absolute Gasteiger partial charge is 0.244 e. The van der Waals surface area contributed by atoms with E-state index in [1.54, 1.807) is 12.1 Å². The largest absolute Gasteiger partial charge is 0.389 e. The molecule has 1 fully saturated rings. The van der Waals surface area contributed by atoms with Gasteiger partial charge < -0.3 is 10.6 Å². The van der Waals surface area contributed by atoms with Crippen LogP contribution in [0.15, 0.2) is 23.2 Å². The Kier molecular flexibility index (Phi) is 4.34. The second-order valence-corrected chi connectivity index (χ2v) is 9.56. The van der Waals surface area contributed by atoms with Crippen molar-refractivity contribution in [3.05, 3.63) is 34.3 Å². The number of anilines is 2. The zero-order valence-corrected chi connectivity index (χ0v) is 15.8. The van der Waals surface area contributed by atoms with Crippen molar-refractivity contribution in [2.24, 2.45) is 0 Å². The lowest BCUT2D eigenvalue weighted by Gasteiger charge is -2.28. The van der Waals surface area contributed by atoms with Crippen LogP contribution in [0.25, 0.3) is 0 Å². The Morgan fingerprint density at radius 3 is 2.65 bits per heavy atom. The lowest BCUT2D eigenvalue weighted by molar-refractivity contribution is 0.477. The average molecular weight is 390 g/mol. The molecule has 2 aromatic rings. The normalized spacial score (nSPS) is 17.9. The number of thiophene rings is 1. The Morgan fingerprint density at radius 1 is 1.23 bits per heavy atom. The van der Waals surface area contributed by atoms with Gasteiger partial charge in [-0.3, -0.25) is 0 Å². The molecule has 0 aliphatic carbocycles. The van der Waals surface area contributed by atoms with E-state index < -0.39 is 10.0 Å². The molecule has 0 unspecified atom stereocenters. The monoisotopic (exact) mass is 389 g/mol. The van der Waals surface area contributed by atoms with Gasteiger partial charge in [-0.05, 0) is 37.0 Å². The van der Waals surface area contributed by atoms with Crippen LogP contribution in [0.2, 0.25) is 0 Å². The van der Waals surface area contributed by atoms with Gasteiger partial charge in [0.25, 0.3) is 0 Å². The number of aromatic nitrogens is 1. The first-order valence-electron chi connectivity index (χ1n) is 8.52. The third-order valence-electron chi connectivity index (χ3n) is 4.94. The first-order chi connectivity index (χ1) is 12.5. The lowest BCUT2D eigenvalue weighted by atomic mass is 10.0. The van der Waals surface area contributed by atoms with Crippen molar-refractivity contribution in [1.29, 1.82) is 5.26 Å². The predicted molar refractivity (Wildman–Crippen MR) is 100 cm³/mol. The fourth-order valence-electron chi connectivity index (χ4n) is 3.53. The van der Waals surface area contributed by atoms with Crippen LogP contribution in [0.4, 0.5) is 10.8 Å². The molecule has 136 valence electrons. The number of nitrogen functional groups attached to an aromatic ring is 1. The highest BCUT2D eigenvalue weighted by Crippen LogP contribution is 2.35. The van der Waals surface area contributed by atoms with Crippen molar-refractivity contribution in [3.63, 3.8) is 0 Å². The third kappa shape index (κ3) is 2.84. The van der Waals surface area contributed by atoms with Gasteiger partial charge in [-0.15, -0.1) is 11.3 Å². The summed E-state index contributed by atoms with van der Waals surface area (Å²) < 4.78 is 26.7. The summed E-state index contributed by atoms with van der Waals surface area (Å²) in [6, 6.07) is 5.58. The molecule has 4 heterocycles. The van der Waals surface area contributed by atoms with Gasteiger partial charge in [0, 0.05) is 30.7 Å². The summed E-state index contributed by atoms with van der Waals surface area (Å²) in [5, 5.41) is 9.80. The number of pyridine rings is 1. The highest BCUT2D eigenvalue weighted by atomic mass is 32.2. The average Bonchev–Trinajstić information content (AvgIpc) is 3.28. The fourth-order valence-corrected chi connectivity index (χ4v) is 6.08. The third-order valence-corrected chi connectivity index (χ3v) is 7.87. The lowest BCUT2D eigenvalue weighted by Crippen LogP contribution is -2.31. The first-order valence-corrected chi connectivity index (χ1v) is 10.8. The van der Waals surface area contributed by atoms with Crippen molar-refractivity contribution in [3.8, 4) is 6.07 Å². The van der Waals surface area contributed by atoms with Crippen LogP contribution in [0, 0.1) is 11.3 Å². The Bertz CT molecular complexity index is 970. The fraction of sp³-hybridized carbons (Fsp3) is 0.412. The van der Waals surface area contributed by atoms with Crippen LogP contribution >= 0.6 is 11.3 Å². The van der Waals surface area contributed by atoms with E-state index in [1.807, 2.05) is 0 Å². The summed E-state index contributed by atoms with van der Waals surface area (Å²) in [6.07, 6.45) is 4.01. The molecule has 2 N–H and O–H groups in total. The van der Waals surface area contributed by atoms with Gasteiger partial charge in [-0.25, -0.2) is 13.4 Å². The second-order valence-electron chi connectivity index (χ2n) is 6.49. The van der Waals surface area contributed by atoms with Gasteiger partial charge in [0.15, 0.2) is 0 Å². The van der Waals surface area contributed by atoms with E-state index in [0.29, 0.717) is 30.2 Å². The Morgan fingerprint density at radius 2 is 2.00 bits per heavy atom. The van der Waals surface area contributed by atoms with Crippen LogP contribution in [-0.2, 0) is 23.0 Å². The summed E-state index contributed by atoms with van der Waals surface area (Å²) in [6.45, 7) is 2.53. The number of nitriles is 1. The minimum Gasteiger partial charge on any atom is -0.389 e.